The smallest absolute Gasteiger partial charge is 0.260 e. The summed E-state index contributed by atoms with van der Waals surface area (Å²) < 4.78 is 19.6. The van der Waals surface area contributed by atoms with Gasteiger partial charge in [-0.3, -0.25) is 4.79 Å². The molecular formula is C22H23FN2O3. The normalized spacial score (nSPS) is 17.5. The summed E-state index contributed by atoms with van der Waals surface area (Å²) in [4.78, 5) is 14.7. The average molecular weight is 382 g/mol. The zero-order valence-electron chi connectivity index (χ0n) is 15.8. The number of ether oxygens (including phenoxy) is 1. The lowest BCUT2D eigenvalue weighted by atomic mass is 9.98. The molecule has 0 saturated carbocycles. The maximum atomic E-state index is 13.7. The van der Waals surface area contributed by atoms with Gasteiger partial charge in [0.1, 0.15) is 18.2 Å². The molecule has 0 bridgehead atoms. The summed E-state index contributed by atoms with van der Waals surface area (Å²) in [6, 6.07) is 10.4. The van der Waals surface area contributed by atoms with Crippen molar-refractivity contribution in [3.63, 3.8) is 0 Å². The third kappa shape index (κ3) is 3.41. The minimum Gasteiger partial charge on any atom is -0.487 e. The molecule has 0 spiro atoms. The number of nitrogens with one attached hydrogen (secondary N) is 1. The molecule has 4 rings (SSSR count). The number of aliphatic hydroxyl groups excluding tert-OH is 1. The Morgan fingerprint density at radius 1 is 1.18 bits per heavy atom. The van der Waals surface area contributed by atoms with Crippen LogP contribution in [0.15, 0.2) is 36.4 Å². The molecule has 2 aliphatic heterocycles. The topological polar surface area (TPSA) is 61.8 Å². The van der Waals surface area contributed by atoms with Gasteiger partial charge >= 0.3 is 0 Å². The SMILES string of the molecule is CCN(CCO)CCc1ccc2c(c1)CO/C2=C1/C(=O)Nc2ccc(F)cc21. The van der Waals surface area contributed by atoms with Crippen molar-refractivity contribution in [2.45, 2.75) is 20.0 Å². The number of rotatable bonds is 6. The molecule has 146 valence electrons. The zero-order chi connectivity index (χ0) is 19.7. The summed E-state index contributed by atoms with van der Waals surface area (Å²) in [6.45, 7) is 5.08. The van der Waals surface area contributed by atoms with E-state index in [-0.39, 0.29) is 18.3 Å². The number of anilines is 1. The number of fused-ring (bicyclic) bond motifs is 2. The highest BCUT2D eigenvalue weighted by atomic mass is 19.1. The van der Waals surface area contributed by atoms with Gasteiger partial charge in [-0.25, -0.2) is 4.39 Å². The van der Waals surface area contributed by atoms with Crippen LogP contribution < -0.4 is 5.32 Å². The molecule has 2 N–H and O–H groups in total. The average Bonchev–Trinajstić information content (AvgIpc) is 3.24. The van der Waals surface area contributed by atoms with E-state index in [0.29, 0.717) is 35.7 Å². The van der Waals surface area contributed by atoms with Gasteiger partial charge in [-0.2, -0.15) is 0 Å². The maximum Gasteiger partial charge on any atom is 0.260 e. The van der Waals surface area contributed by atoms with Gasteiger partial charge in [0.25, 0.3) is 5.91 Å². The van der Waals surface area contributed by atoms with Crippen molar-refractivity contribution in [1.82, 2.24) is 4.90 Å². The van der Waals surface area contributed by atoms with Gasteiger partial charge in [-0.1, -0.05) is 25.1 Å². The Labute approximate surface area is 163 Å². The van der Waals surface area contributed by atoms with Crippen molar-refractivity contribution in [2.75, 3.05) is 31.6 Å². The monoisotopic (exact) mass is 382 g/mol. The van der Waals surface area contributed by atoms with Crippen molar-refractivity contribution < 1.29 is 19.0 Å². The molecular weight excluding hydrogens is 359 g/mol. The van der Waals surface area contributed by atoms with Crippen LogP contribution in [0.5, 0.6) is 0 Å². The van der Waals surface area contributed by atoms with Crippen LogP contribution in [0.4, 0.5) is 10.1 Å². The van der Waals surface area contributed by atoms with Crippen LogP contribution >= 0.6 is 0 Å². The first-order valence-electron chi connectivity index (χ1n) is 9.54. The molecule has 0 aromatic heterocycles. The molecule has 5 nitrogen and oxygen atoms in total. The van der Waals surface area contributed by atoms with Crippen LogP contribution in [0.25, 0.3) is 11.3 Å². The van der Waals surface area contributed by atoms with E-state index in [9.17, 15) is 9.18 Å². The third-order valence-corrected chi connectivity index (χ3v) is 5.32. The number of hydrogen-bond acceptors (Lipinski definition) is 4. The van der Waals surface area contributed by atoms with Crippen molar-refractivity contribution >= 4 is 22.9 Å². The summed E-state index contributed by atoms with van der Waals surface area (Å²) >= 11 is 0. The van der Waals surface area contributed by atoms with Crippen LogP contribution in [0.3, 0.4) is 0 Å². The molecule has 6 heteroatoms. The number of halogens is 1. The van der Waals surface area contributed by atoms with Gasteiger partial charge in [0.05, 0.1) is 12.2 Å². The molecule has 0 atom stereocenters. The van der Waals surface area contributed by atoms with E-state index in [1.165, 1.54) is 17.7 Å². The number of likely N-dealkylation sites (N-methyl/N-ethyl adjacent to an activating group) is 1. The van der Waals surface area contributed by atoms with Gasteiger partial charge in [0.2, 0.25) is 0 Å². The summed E-state index contributed by atoms with van der Waals surface area (Å²) in [7, 11) is 0. The van der Waals surface area contributed by atoms with Crippen LogP contribution in [-0.4, -0.2) is 42.2 Å². The van der Waals surface area contributed by atoms with E-state index in [1.54, 1.807) is 6.07 Å². The Morgan fingerprint density at radius 2 is 2.04 bits per heavy atom. The largest absolute Gasteiger partial charge is 0.487 e. The fraction of sp³-hybridized carbons (Fsp3) is 0.318. The summed E-state index contributed by atoms with van der Waals surface area (Å²) in [5, 5.41) is 11.9. The van der Waals surface area contributed by atoms with E-state index in [2.05, 4.69) is 23.2 Å². The van der Waals surface area contributed by atoms with Crippen molar-refractivity contribution in [3.8, 4) is 0 Å². The molecule has 28 heavy (non-hydrogen) atoms. The fourth-order valence-electron chi connectivity index (χ4n) is 3.80. The van der Waals surface area contributed by atoms with E-state index in [1.807, 2.05) is 12.1 Å². The Kier molecular flexibility index (Phi) is 5.15. The minimum atomic E-state index is -0.384. The van der Waals surface area contributed by atoms with Crippen LogP contribution in [0.2, 0.25) is 0 Å². The maximum absolute atomic E-state index is 13.7. The second-order valence-corrected chi connectivity index (χ2v) is 7.04. The van der Waals surface area contributed by atoms with Crippen molar-refractivity contribution in [3.05, 3.63) is 64.5 Å². The quantitative estimate of drug-likeness (QED) is 0.754. The predicted octanol–water partition coefficient (Wildman–Crippen LogP) is 3.03. The Bertz CT molecular complexity index is 955. The third-order valence-electron chi connectivity index (χ3n) is 5.32. The molecule has 0 saturated heterocycles. The minimum absolute atomic E-state index is 0.160. The Morgan fingerprint density at radius 3 is 2.82 bits per heavy atom. The molecule has 2 aliphatic rings. The van der Waals surface area contributed by atoms with Gasteiger partial charge in [0.15, 0.2) is 0 Å². The number of amides is 1. The van der Waals surface area contributed by atoms with Crippen molar-refractivity contribution in [2.24, 2.45) is 0 Å². The van der Waals surface area contributed by atoms with Crippen LogP contribution in [0.1, 0.15) is 29.2 Å². The van der Waals surface area contributed by atoms with E-state index >= 15 is 0 Å². The molecule has 2 heterocycles. The van der Waals surface area contributed by atoms with E-state index in [0.717, 1.165) is 30.6 Å². The van der Waals surface area contributed by atoms with Crippen LogP contribution in [-0.2, 0) is 22.6 Å². The second kappa shape index (κ2) is 7.73. The summed E-state index contributed by atoms with van der Waals surface area (Å²) in [6.07, 6.45) is 0.877. The van der Waals surface area contributed by atoms with Gasteiger partial charge in [-0.15, -0.1) is 0 Å². The van der Waals surface area contributed by atoms with Gasteiger partial charge in [0, 0.05) is 35.5 Å². The number of benzene rings is 2. The number of aliphatic hydroxyl groups is 1. The van der Waals surface area contributed by atoms with Crippen molar-refractivity contribution in [1.29, 1.82) is 0 Å². The van der Waals surface area contributed by atoms with Gasteiger partial charge < -0.3 is 20.1 Å². The molecule has 2 aromatic rings. The first-order chi connectivity index (χ1) is 13.6. The fourth-order valence-corrected chi connectivity index (χ4v) is 3.80. The number of carbonyl (C=O) groups is 1. The lowest BCUT2D eigenvalue weighted by molar-refractivity contribution is -0.110. The van der Waals surface area contributed by atoms with Gasteiger partial charge in [-0.05, 0) is 36.7 Å². The lowest BCUT2D eigenvalue weighted by Crippen LogP contribution is -2.28. The highest BCUT2D eigenvalue weighted by molar-refractivity contribution is 6.36. The molecule has 0 unspecified atom stereocenters. The number of hydrogen-bond donors (Lipinski definition) is 2. The standard InChI is InChI=1S/C22H23FN2O3/c1-2-25(9-10-26)8-7-14-3-5-17-15(11-14)13-28-21(17)20-18-12-16(23)4-6-19(18)24-22(20)27/h3-6,11-12,26H,2,7-10,13H2,1H3,(H,24,27)/b21-20+. The van der Waals surface area contributed by atoms with E-state index in [4.69, 9.17) is 9.84 Å². The van der Waals surface area contributed by atoms with Crippen LogP contribution in [0, 0.1) is 5.82 Å². The lowest BCUT2D eigenvalue weighted by Gasteiger charge is -2.19. The Balaban J connectivity index is 1.62. The number of carbonyl (C=O) groups excluding carboxylic acids is 1. The first kappa shape index (κ1) is 18.7. The number of nitrogens with zero attached hydrogens (tertiary/aromatic N) is 1. The molecule has 0 radical (unpaired) electrons. The summed E-state index contributed by atoms with van der Waals surface area (Å²) in [5.74, 6) is -0.140. The first-order valence-corrected chi connectivity index (χ1v) is 9.54. The molecule has 1 amide bonds. The molecule has 0 aliphatic carbocycles. The molecule has 0 fully saturated rings. The predicted molar refractivity (Wildman–Crippen MR) is 106 cm³/mol. The highest BCUT2D eigenvalue weighted by Crippen LogP contribution is 2.41. The zero-order valence-corrected chi connectivity index (χ0v) is 15.8. The second-order valence-electron chi connectivity index (χ2n) is 7.04. The Hall–Kier alpha value is -2.70. The highest BCUT2D eigenvalue weighted by Gasteiger charge is 2.32. The summed E-state index contributed by atoms with van der Waals surface area (Å²) in [5.41, 5.74) is 4.63. The van der Waals surface area contributed by atoms with E-state index < -0.39 is 0 Å². The molecule has 2 aromatic carbocycles.